The molecule has 1 aromatic heterocycles. The van der Waals surface area contributed by atoms with Gasteiger partial charge in [-0.3, -0.25) is 0 Å². The zero-order chi connectivity index (χ0) is 14.0. The summed E-state index contributed by atoms with van der Waals surface area (Å²) in [6.07, 6.45) is 4.46. The van der Waals surface area contributed by atoms with Crippen molar-refractivity contribution < 1.29 is 8.42 Å². The summed E-state index contributed by atoms with van der Waals surface area (Å²) in [5, 5.41) is 0. The molecule has 0 saturated carbocycles. The fourth-order valence-corrected chi connectivity index (χ4v) is 3.70. The molecule has 0 amide bonds. The average molecular weight is 283 g/mol. The molecule has 0 bridgehead atoms. The van der Waals surface area contributed by atoms with Crippen LogP contribution in [0.3, 0.4) is 0 Å². The largest absolute Gasteiger partial charge is 0.349 e. The van der Waals surface area contributed by atoms with Crippen LogP contribution in [0, 0.1) is 0 Å². The first-order chi connectivity index (χ1) is 8.98. The molecule has 0 unspecified atom stereocenters. The first kappa shape index (κ1) is 14.3. The van der Waals surface area contributed by atoms with Gasteiger partial charge in [0.15, 0.2) is 0 Å². The zero-order valence-corrected chi connectivity index (χ0v) is 12.3. The molecule has 6 heteroatoms. The fourth-order valence-electron chi connectivity index (χ4n) is 2.25. The summed E-state index contributed by atoms with van der Waals surface area (Å²) in [7, 11) is -3.39. The van der Waals surface area contributed by atoms with Gasteiger partial charge in [-0.15, -0.1) is 0 Å². The van der Waals surface area contributed by atoms with Gasteiger partial charge in [-0.1, -0.05) is 11.6 Å². The van der Waals surface area contributed by atoms with Gasteiger partial charge in [-0.25, -0.2) is 8.42 Å². The number of hydrogen-bond donors (Lipinski definition) is 1. The molecule has 0 saturated heterocycles. The number of rotatable bonds is 4. The third-order valence-electron chi connectivity index (χ3n) is 3.55. The molecule has 19 heavy (non-hydrogen) atoms. The highest BCUT2D eigenvalue weighted by Gasteiger charge is 2.27. The van der Waals surface area contributed by atoms with Gasteiger partial charge in [0.1, 0.15) is 4.90 Å². The van der Waals surface area contributed by atoms with Crippen molar-refractivity contribution >= 4 is 10.0 Å². The predicted molar refractivity (Wildman–Crippen MR) is 75.1 cm³/mol. The van der Waals surface area contributed by atoms with Crippen molar-refractivity contribution in [2.75, 3.05) is 13.1 Å². The molecule has 1 aliphatic rings. The van der Waals surface area contributed by atoms with Crippen molar-refractivity contribution in [3.63, 3.8) is 0 Å². The Hall–Kier alpha value is -1.11. The molecule has 2 heterocycles. The molecule has 1 aliphatic heterocycles. The standard InChI is InChI=1S/C13H21N3O2S/c1-3-15-10-13(8-12(15)9-14)19(17,18)16-6-4-11(2)5-7-16/h4,8,10H,3,5-7,9,14H2,1-2H3. The van der Waals surface area contributed by atoms with E-state index in [4.69, 9.17) is 5.73 Å². The highest BCUT2D eigenvalue weighted by molar-refractivity contribution is 7.89. The smallest absolute Gasteiger partial charge is 0.244 e. The fraction of sp³-hybridized carbons (Fsp3) is 0.538. The van der Waals surface area contributed by atoms with Crippen LogP contribution in [0.1, 0.15) is 26.0 Å². The highest BCUT2D eigenvalue weighted by Crippen LogP contribution is 2.22. The molecule has 0 aromatic carbocycles. The van der Waals surface area contributed by atoms with Gasteiger partial charge in [-0.2, -0.15) is 4.31 Å². The monoisotopic (exact) mass is 283 g/mol. The minimum absolute atomic E-state index is 0.350. The molecule has 2 N–H and O–H groups in total. The third-order valence-corrected chi connectivity index (χ3v) is 5.38. The molecule has 0 radical (unpaired) electrons. The molecular formula is C13H21N3O2S. The van der Waals surface area contributed by atoms with Crippen LogP contribution in [-0.4, -0.2) is 30.4 Å². The van der Waals surface area contributed by atoms with Crippen LogP contribution >= 0.6 is 0 Å². The average Bonchev–Trinajstić information content (AvgIpc) is 2.83. The molecule has 1 aromatic rings. The lowest BCUT2D eigenvalue weighted by atomic mass is 10.1. The lowest BCUT2D eigenvalue weighted by Gasteiger charge is -2.24. The topological polar surface area (TPSA) is 68.3 Å². The summed E-state index contributed by atoms with van der Waals surface area (Å²) in [5.74, 6) is 0. The molecule has 0 atom stereocenters. The molecule has 2 rings (SSSR count). The van der Waals surface area contributed by atoms with E-state index < -0.39 is 10.0 Å². The van der Waals surface area contributed by atoms with Crippen molar-refractivity contribution in [3.8, 4) is 0 Å². The Morgan fingerprint density at radius 3 is 2.63 bits per heavy atom. The summed E-state index contributed by atoms with van der Waals surface area (Å²) in [4.78, 5) is 0.350. The number of sulfonamides is 1. The van der Waals surface area contributed by atoms with Gasteiger partial charge in [0.2, 0.25) is 10.0 Å². The van der Waals surface area contributed by atoms with E-state index in [0.29, 0.717) is 24.5 Å². The predicted octanol–water partition coefficient (Wildman–Crippen LogP) is 1.31. The second kappa shape index (κ2) is 5.48. The minimum atomic E-state index is -3.39. The van der Waals surface area contributed by atoms with E-state index in [0.717, 1.165) is 18.7 Å². The highest BCUT2D eigenvalue weighted by atomic mass is 32.2. The molecule has 106 valence electrons. The normalized spacial score (nSPS) is 17.5. The van der Waals surface area contributed by atoms with Crippen molar-refractivity contribution in [3.05, 3.63) is 29.6 Å². The Morgan fingerprint density at radius 2 is 2.16 bits per heavy atom. The van der Waals surface area contributed by atoms with Crippen molar-refractivity contribution in [2.24, 2.45) is 5.73 Å². The number of aromatic nitrogens is 1. The number of aryl methyl sites for hydroxylation is 1. The summed E-state index contributed by atoms with van der Waals surface area (Å²) in [6.45, 7) is 6.10. The van der Waals surface area contributed by atoms with Gasteiger partial charge in [0.05, 0.1) is 0 Å². The third kappa shape index (κ3) is 2.75. The maximum Gasteiger partial charge on any atom is 0.244 e. The van der Waals surface area contributed by atoms with Crippen LogP contribution in [0.15, 0.2) is 28.8 Å². The summed E-state index contributed by atoms with van der Waals surface area (Å²) in [5.41, 5.74) is 7.74. The first-order valence-corrected chi connectivity index (χ1v) is 7.98. The Kier molecular flexibility index (Phi) is 4.13. The van der Waals surface area contributed by atoms with E-state index in [-0.39, 0.29) is 0 Å². The first-order valence-electron chi connectivity index (χ1n) is 6.54. The Bertz CT molecular complexity index is 566. The van der Waals surface area contributed by atoms with E-state index in [1.165, 1.54) is 9.88 Å². The van der Waals surface area contributed by atoms with Gasteiger partial charge in [0, 0.05) is 38.1 Å². The maximum absolute atomic E-state index is 12.5. The Labute approximate surface area is 114 Å². The van der Waals surface area contributed by atoms with Crippen molar-refractivity contribution in [1.82, 2.24) is 8.87 Å². The van der Waals surface area contributed by atoms with Crippen LogP contribution < -0.4 is 5.73 Å². The van der Waals surface area contributed by atoms with Crippen LogP contribution in [0.5, 0.6) is 0 Å². The molecule has 5 nitrogen and oxygen atoms in total. The van der Waals surface area contributed by atoms with E-state index in [1.807, 2.05) is 24.5 Å². The zero-order valence-electron chi connectivity index (χ0n) is 11.5. The lowest BCUT2D eigenvalue weighted by Crippen LogP contribution is -2.34. The van der Waals surface area contributed by atoms with Crippen LogP contribution in [-0.2, 0) is 23.1 Å². The van der Waals surface area contributed by atoms with E-state index in [1.54, 1.807) is 12.3 Å². The quantitative estimate of drug-likeness (QED) is 0.847. The van der Waals surface area contributed by atoms with Crippen LogP contribution in [0.4, 0.5) is 0 Å². The van der Waals surface area contributed by atoms with Gasteiger partial charge >= 0.3 is 0 Å². The Balaban J connectivity index is 2.32. The molecular weight excluding hydrogens is 262 g/mol. The SMILES string of the molecule is CCn1cc(S(=O)(=O)N2CC=C(C)CC2)cc1CN. The van der Waals surface area contributed by atoms with E-state index in [9.17, 15) is 8.42 Å². The molecule has 0 spiro atoms. The van der Waals surface area contributed by atoms with Crippen molar-refractivity contribution in [2.45, 2.75) is 38.3 Å². The minimum Gasteiger partial charge on any atom is -0.349 e. The van der Waals surface area contributed by atoms with E-state index in [2.05, 4.69) is 0 Å². The molecule has 0 aliphatic carbocycles. The molecule has 0 fully saturated rings. The summed E-state index contributed by atoms with van der Waals surface area (Å²) < 4.78 is 28.5. The van der Waals surface area contributed by atoms with Gasteiger partial charge in [0.25, 0.3) is 0 Å². The summed E-state index contributed by atoms with van der Waals surface area (Å²) in [6, 6.07) is 1.68. The number of hydrogen-bond acceptors (Lipinski definition) is 3. The van der Waals surface area contributed by atoms with Crippen LogP contribution in [0.25, 0.3) is 0 Å². The maximum atomic E-state index is 12.5. The van der Waals surface area contributed by atoms with Crippen molar-refractivity contribution in [1.29, 1.82) is 0 Å². The number of nitrogens with zero attached hydrogens (tertiary/aromatic N) is 2. The van der Waals surface area contributed by atoms with Gasteiger partial charge in [-0.05, 0) is 26.3 Å². The lowest BCUT2D eigenvalue weighted by molar-refractivity contribution is 0.431. The van der Waals surface area contributed by atoms with E-state index >= 15 is 0 Å². The number of nitrogens with two attached hydrogens (primary N) is 1. The van der Waals surface area contributed by atoms with Gasteiger partial charge < -0.3 is 10.3 Å². The Morgan fingerprint density at radius 1 is 1.42 bits per heavy atom. The summed E-state index contributed by atoms with van der Waals surface area (Å²) >= 11 is 0. The second-order valence-electron chi connectivity index (χ2n) is 4.82. The van der Waals surface area contributed by atoms with Crippen LogP contribution in [0.2, 0.25) is 0 Å². The second-order valence-corrected chi connectivity index (χ2v) is 6.76.